The van der Waals surface area contributed by atoms with Gasteiger partial charge in [-0.2, -0.15) is 0 Å². The van der Waals surface area contributed by atoms with Gasteiger partial charge in [-0.25, -0.2) is 0 Å². The average molecular weight is 324 g/mol. The predicted molar refractivity (Wildman–Crippen MR) is 90.8 cm³/mol. The molecule has 2 bridgehead atoms. The van der Waals surface area contributed by atoms with E-state index in [1.54, 1.807) is 6.07 Å². The summed E-state index contributed by atoms with van der Waals surface area (Å²) >= 11 is 0. The highest BCUT2D eigenvalue weighted by molar-refractivity contribution is 5.67. The molecule has 1 aromatic carbocycles. The fourth-order valence-corrected chi connectivity index (χ4v) is 4.19. The first-order valence-corrected chi connectivity index (χ1v) is 8.63. The molecule has 0 unspecified atom stereocenters. The molecule has 2 aromatic rings. The Bertz CT molecular complexity index is 858. The summed E-state index contributed by atoms with van der Waals surface area (Å²) in [7, 11) is 0. The number of ether oxygens (including phenoxy) is 2. The molecule has 2 atom stereocenters. The number of rotatable bonds is 1. The second-order valence-electron chi connectivity index (χ2n) is 6.93. The van der Waals surface area contributed by atoms with Gasteiger partial charge in [-0.3, -0.25) is 4.79 Å². The van der Waals surface area contributed by atoms with Crippen LogP contribution in [-0.4, -0.2) is 30.9 Å². The molecule has 0 amide bonds. The Hall–Kier alpha value is -2.27. The Morgan fingerprint density at radius 2 is 1.88 bits per heavy atom. The summed E-state index contributed by atoms with van der Waals surface area (Å²) in [6.07, 6.45) is 1.18. The molecule has 1 aromatic heterocycles. The van der Waals surface area contributed by atoms with Gasteiger partial charge in [0, 0.05) is 30.8 Å². The normalized spacial score (nSPS) is 24.3. The van der Waals surface area contributed by atoms with Crippen molar-refractivity contribution in [3.05, 3.63) is 46.4 Å². The Labute approximate surface area is 140 Å². The summed E-state index contributed by atoms with van der Waals surface area (Å²) in [6, 6.07) is 9.85. The van der Waals surface area contributed by atoms with E-state index < -0.39 is 0 Å². The number of pyridine rings is 1. The maximum atomic E-state index is 12.7. The van der Waals surface area contributed by atoms with Crippen molar-refractivity contribution in [2.75, 3.05) is 26.3 Å². The van der Waals surface area contributed by atoms with Crippen molar-refractivity contribution in [3.8, 4) is 22.6 Å². The fraction of sp³-hybridized carbons (Fsp3) is 0.421. The number of hydrogen-bond donors (Lipinski definition) is 1. The van der Waals surface area contributed by atoms with Crippen molar-refractivity contribution in [2.24, 2.45) is 5.92 Å². The van der Waals surface area contributed by atoms with E-state index >= 15 is 0 Å². The summed E-state index contributed by atoms with van der Waals surface area (Å²) in [5, 5.41) is 3.50. The van der Waals surface area contributed by atoms with Crippen LogP contribution in [0.4, 0.5) is 0 Å². The molecule has 1 N–H and O–H groups in total. The molecule has 1 fully saturated rings. The topological polar surface area (TPSA) is 52.5 Å². The maximum Gasteiger partial charge on any atom is 0.251 e. The van der Waals surface area contributed by atoms with E-state index in [4.69, 9.17) is 9.47 Å². The van der Waals surface area contributed by atoms with E-state index in [2.05, 4.69) is 11.4 Å². The van der Waals surface area contributed by atoms with Crippen molar-refractivity contribution in [1.82, 2.24) is 9.88 Å². The summed E-state index contributed by atoms with van der Waals surface area (Å²) in [4.78, 5) is 12.7. The van der Waals surface area contributed by atoms with Crippen molar-refractivity contribution in [2.45, 2.75) is 18.9 Å². The molecule has 4 heterocycles. The monoisotopic (exact) mass is 324 g/mol. The molecule has 0 aliphatic carbocycles. The molecule has 0 saturated carbocycles. The molecular formula is C19H20N2O3. The molecule has 5 heteroatoms. The van der Waals surface area contributed by atoms with Gasteiger partial charge >= 0.3 is 0 Å². The minimum Gasteiger partial charge on any atom is -0.486 e. The van der Waals surface area contributed by atoms with Gasteiger partial charge in [0.05, 0.1) is 0 Å². The smallest absolute Gasteiger partial charge is 0.251 e. The number of hydrogen-bond acceptors (Lipinski definition) is 4. The molecule has 0 radical (unpaired) electrons. The lowest BCUT2D eigenvalue weighted by atomic mass is 9.83. The van der Waals surface area contributed by atoms with Gasteiger partial charge in [0.1, 0.15) is 13.2 Å². The number of aromatic nitrogens is 1. The molecule has 3 aliphatic rings. The largest absolute Gasteiger partial charge is 0.486 e. The van der Waals surface area contributed by atoms with E-state index in [1.165, 1.54) is 6.42 Å². The van der Waals surface area contributed by atoms with Crippen LogP contribution in [-0.2, 0) is 6.54 Å². The van der Waals surface area contributed by atoms with E-state index in [0.717, 1.165) is 48.0 Å². The third-order valence-electron chi connectivity index (χ3n) is 5.34. The molecule has 1 saturated heterocycles. The first-order chi connectivity index (χ1) is 11.8. The lowest BCUT2D eigenvalue weighted by molar-refractivity contribution is 0.171. The van der Waals surface area contributed by atoms with Crippen LogP contribution in [0, 0.1) is 5.92 Å². The third kappa shape index (κ3) is 2.23. The lowest BCUT2D eigenvalue weighted by Crippen LogP contribution is -2.44. The predicted octanol–water partition coefficient (Wildman–Crippen LogP) is 1.99. The molecule has 5 nitrogen and oxygen atoms in total. The zero-order valence-corrected chi connectivity index (χ0v) is 13.5. The molecule has 5 rings (SSSR count). The van der Waals surface area contributed by atoms with E-state index in [0.29, 0.717) is 25.0 Å². The highest BCUT2D eigenvalue weighted by atomic mass is 16.6. The average Bonchev–Trinajstić information content (AvgIpc) is 2.62. The first-order valence-electron chi connectivity index (χ1n) is 8.63. The molecule has 124 valence electrons. The third-order valence-corrected chi connectivity index (χ3v) is 5.34. The second kappa shape index (κ2) is 5.38. The van der Waals surface area contributed by atoms with Gasteiger partial charge in [-0.1, -0.05) is 6.07 Å². The summed E-state index contributed by atoms with van der Waals surface area (Å²) in [5.41, 5.74) is 3.24. The lowest BCUT2D eigenvalue weighted by Gasteiger charge is -2.37. The van der Waals surface area contributed by atoms with E-state index in [9.17, 15) is 4.79 Å². The van der Waals surface area contributed by atoms with Crippen molar-refractivity contribution in [3.63, 3.8) is 0 Å². The highest BCUT2D eigenvalue weighted by Crippen LogP contribution is 2.37. The first kappa shape index (κ1) is 14.1. The van der Waals surface area contributed by atoms with Gasteiger partial charge in [-0.05, 0) is 48.2 Å². The van der Waals surface area contributed by atoms with Crippen molar-refractivity contribution >= 4 is 0 Å². The molecule has 24 heavy (non-hydrogen) atoms. The van der Waals surface area contributed by atoms with Crippen LogP contribution in [0.2, 0.25) is 0 Å². The van der Waals surface area contributed by atoms with Crippen LogP contribution in [0.5, 0.6) is 11.5 Å². The summed E-state index contributed by atoms with van der Waals surface area (Å²) < 4.78 is 13.2. The number of benzene rings is 1. The van der Waals surface area contributed by atoms with Crippen LogP contribution >= 0.6 is 0 Å². The zero-order valence-electron chi connectivity index (χ0n) is 13.5. The number of nitrogens with zero attached hydrogens (tertiary/aromatic N) is 1. The van der Waals surface area contributed by atoms with Crippen LogP contribution in [0.1, 0.15) is 18.0 Å². The maximum absolute atomic E-state index is 12.7. The minimum absolute atomic E-state index is 0.106. The second-order valence-corrected chi connectivity index (χ2v) is 6.93. The van der Waals surface area contributed by atoms with Gasteiger partial charge in [0.25, 0.3) is 5.56 Å². The summed E-state index contributed by atoms with van der Waals surface area (Å²) in [6.45, 7) is 3.97. The van der Waals surface area contributed by atoms with Crippen molar-refractivity contribution in [1.29, 1.82) is 0 Å². The van der Waals surface area contributed by atoms with Gasteiger partial charge in [-0.15, -0.1) is 0 Å². The van der Waals surface area contributed by atoms with Gasteiger partial charge < -0.3 is 19.4 Å². The minimum atomic E-state index is 0.106. The van der Waals surface area contributed by atoms with Crippen LogP contribution in [0.15, 0.2) is 35.1 Å². The standard InChI is InChI=1S/C19H20N2O3/c22-19-8-14(13-1-2-17-18(7-13)24-4-3-23-17)6-16-15-5-12(9-20-10-15)11-21(16)19/h1-2,6-8,12,15,20H,3-5,9-11H2/t12-,15+/m0/s1. The Morgan fingerprint density at radius 3 is 2.79 bits per heavy atom. The van der Waals surface area contributed by atoms with Gasteiger partial charge in [0.15, 0.2) is 11.5 Å². The Balaban J connectivity index is 1.60. The number of piperidine rings is 1. The van der Waals surface area contributed by atoms with Crippen LogP contribution < -0.4 is 20.3 Å². The van der Waals surface area contributed by atoms with E-state index in [-0.39, 0.29) is 5.56 Å². The zero-order chi connectivity index (χ0) is 16.1. The van der Waals surface area contributed by atoms with Crippen molar-refractivity contribution < 1.29 is 9.47 Å². The molecule has 3 aliphatic heterocycles. The fourth-order valence-electron chi connectivity index (χ4n) is 4.19. The molecule has 0 spiro atoms. The number of fused-ring (bicyclic) bond motifs is 5. The number of nitrogens with one attached hydrogen (secondary N) is 1. The van der Waals surface area contributed by atoms with Crippen LogP contribution in [0.3, 0.4) is 0 Å². The molecular weight excluding hydrogens is 304 g/mol. The van der Waals surface area contributed by atoms with Gasteiger partial charge in [0.2, 0.25) is 0 Å². The summed E-state index contributed by atoms with van der Waals surface area (Å²) in [5.74, 6) is 2.55. The highest BCUT2D eigenvalue weighted by Gasteiger charge is 2.31. The van der Waals surface area contributed by atoms with Crippen LogP contribution in [0.25, 0.3) is 11.1 Å². The van der Waals surface area contributed by atoms with E-state index in [1.807, 2.05) is 22.8 Å². The quantitative estimate of drug-likeness (QED) is 0.872. The Morgan fingerprint density at radius 1 is 1.00 bits per heavy atom. The SMILES string of the molecule is O=c1cc(-c2ccc3c(c2)OCCO3)cc2n1C[C@@H]1CNC[C@H]2C1. The Kier molecular flexibility index (Phi) is 3.16.